The fourth-order valence-corrected chi connectivity index (χ4v) is 0.795. The number of hydrogen-bond donors (Lipinski definition) is 0. The first kappa shape index (κ1) is 16.9. The maximum Gasteiger partial charge on any atom is 0.221 e. The zero-order valence-corrected chi connectivity index (χ0v) is 10.8. The Morgan fingerprint density at radius 2 is 1.21 bits per heavy atom. The fraction of sp³-hybridized carbons (Fsp3) is 0.750. The van der Waals surface area contributed by atoms with Crippen LogP contribution >= 0.6 is 46.4 Å². The summed E-state index contributed by atoms with van der Waals surface area (Å²) in [6.45, 7) is 1.70. The molecule has 0 amide bonds. The highest BCUT2D eigenvalue weighted by atomic mass is 35.5. The second kappa shape index (κ2) is 11.6. The van der Waals surface area contributed by atoms with Gasteiger partial charge in [-0.15, -0.1) is 23.2 Å². The molecular weight excluding hydrogens is 270 g/mol. The lowest BCUT2D eigenvalue weighted by Gasteiger charge is -1.91. The summed E-state index contributed by atoms with van der Waals surface area (Å²) in [6, 6.07) is 0. The Morgan fingerprint density at radius 3 is 1.36 bits per heavy atom. The van der Waals surface area contributed by atoms with Crippen LogP contribution in [0.3, 0.4) is 0 Å². The van der Waals surface area contributed by atoms with Gasteiger partial charge in [0.15, 0.2) is 0 Å². The van der Waals surface area contributed by atoms with Crippen LogP contribution in [0.4, 0.5) is 0 Å². The molecule has 0 radical (unpaired) electrons. The van der Waals surface area contributed by atoms with Crippen LogP contribution in [0.15, 0.2) is 0 Å². The first-order chi connectivity index (χ1) is 6.36. The Labute approximate surface area is 104 Å². The van der Waals surface area contributed by atoms with Gasteiger partial charge in [0.25, 0.3) is 0 Å². The summed E-state index contributed by atoms with van der Waals surface area (Å²) in [5, 5.41) is -0.718. The summed E-state index contributed by atoms with van der Waals surface area (Å²) in [5.41, 5.74) is 0. The van der Waals surface area contributed by atoms with Gasteiger partial charge in [-0.1, -0.05) is 0 Å². The van der Waals surface area contributed by atoms with Crippen LogP contribution in [0.25, 0.3) is 0 Å². The van der Waals surface area contributed by atoms with Crippen LogP contribution < -0.4 is 0 Å². The van der Waals surface area contributed by atoms with Crippen molar-refractivity contribution in [3.63, 3.8) is 0 Å². The first-order valence-corrected chi connectivity index (χ1v) is 5.64. The minimum atomic E-state index is -0.359. The minimum absolute atomic E-state index is 0.222. The lowest BCUT2D eigenvalue weighted by molar-refractivity contribution is -0.113. The fourth-order valence-electron chi connectivity index (χ4n) is 0.528. The van der Waals surface area contributed by atoms with Gasteiger partial charge in [-0.2, -0.15) is 0 Å². The van der Waals surface area contributed by atoms with E-state index in [-0.39, 0.29) is 15.3 Å². The molecule has 0 unspecified atom stereocenters. The molecule has 0 aromatic heterocycles. The monoisotopic (exact) mass is 280 g/mol. The highest BCUT2D eigenvalue weighted by Crippen LogP contribution is 2.03. The van der Waals surface area contributed by atoms with Crippen molar-refractivity contribution in [1.29, 1.82) is 0 Å². The van der Waals surface area contributed by atoms with Gasteiger partial charge in [0.05, 0.1) is 0 Å². The van der Waals surface area contributed by atoms with Crippen molar-refractivity contribution in [1.82, 2.24) is 0 Å². The van der Waals surface area contributed by atoms with Crippen molar-refractivity contribution in [2.24, 2.45) is 0 Å². The molecule has 0 fully saturated rings. The second-order valence-corrected chi connectivity index (χ2v) is 4.81. The SMILES string of the molecule is CC(Cl)Cl.O=C(Cl)CCCCC(=O)Cl. The van der Waals surface area contributed by atoms with Crippen LogP contribution in [-0.4, -0.2) is 15.3 Å². The van der Waals surface area contributed by atoms with Crippen LogP contribution in [-0.2, 0) is 9.59 Å². The molecule has 0 atom stereocenters. The van der Waals surface area contributed by atoms with Crippen molar-refractivity contribution in [3.05, 3.63) is 0 Å². The number of unbranched alkanes of at least 4 members (excludes halogenated alkanes) is 1. The first-order valence-electron chi connectivity index (χ1n) is 4.01. The zero-order chi connectivity index (χ0) is 11.6. The summed E-state index contributed by atoms with van der Waals surface area (Å²) in [7, 11) is 0. The maximum atomic E-state index is 10.1. The van der Waals surface area contributed by atoms with Gasteiger partial charge in [-0.3, -0.25) is 9.59 Å². The zero-order valence-electron chi connectivity index (χ0n) is 7.73. The number of alkyl halides is 2. The van der Waals surface area contributed by atoms with E-state index in [2.05, 4.69) is 0 Å². The molecule has 6 heteroatoms. The molecule has 0 spiro atoms. The number of hydrogen-bond acceptors (Lipinski definition) is 2. The quantitative estimate of drug-likeness (QED) is 0.435. The normalized spacial score (nSPS) is 9.29. The van der Waals surface area contributed by atoms with Gasteiger partial charge in [0.1, 0.15) is 4.84 Å². The molecule has 0 rings (SSSR count). The number of halogens is 4. The molecule has 0 aliphatic rings. The van der Waals surface area contributed by atoms with E-state index in [9.17, 15) is 9.59 Å². The third-order valence-corrected chi connectivity index (χ3v) is 1.37. The van der Waals surface area contributed by atoms with Crippen molar-refractivity contribution >= 4 is 56.9 Å². The van der Waals surface area contributed by atoms with Crippen LogP contribution in [0.2, 0.25) is 0 Å². The standard InChI is InChI=1S/C6H8Cl2O2.C2H4Cl2/c7-5(9)3-1-2-4-6(8)10;1-2(3)4/h1-4H2;2H,1H3. The van der Waals surface area contributed by atoms with Gasteiger partial charge in [0, 0.05) is 12.8 Å². The summed E-state index contributed by atoms with van der Waals surface area (Å²) in [6.07, 6.45) is 1.93. The summed E-state index contributed by atoms with van der Waals surface area (Å²) in [5.74, 6) is 0. The predicted molar refractivity (Wildman–Crippen MR) is 61.4 cm³/mol. The molecular formula is C8H12Cl4O2. The average Bonchev–Trinajstić information content (AvgIpc) is 1.96. The maximum absolute atomic E-state index is 10.1. The van der Waals surface area contributed by atoms with Crippen LogP contribution in [0.5, 0.6) is 0 Å². The van der Waals surface area contributed by atoms with E-state index in [1.54, 1.807) is 6.92 Å². The molecule has 2 nitrogen and oxygen atoms in total. The van der Waals surface area contributed by atoms with E-state index in [1.807, 2.05) is 0 Å². The average molecular weight is 282 g/mol. The molecule has 0 heterocycles. The molecule has 0 N–H and O–H groups in total. The molecule has 0 aromatic rings. The highest BCUT2D eigenvalue weighted by Gasteiger charge is 1.98. The number of carbonyl (C=O) groups excluding carboxylic acids is 2. The molecule has 0 bridgehead atoms. The van der Waals surface area contributed by atoms with Crippen molar-refractivity contribution in [2.45, 2.75) is 37.4 Å². The molecule has 0 aliphatic heterocycles. The topological polar surface area (TPSA) is 34.1 Å². The second-order valence-electron chi connectivity index (χ2n) is 2.44. The van der Waals surface area contributed by atoms with E-state index in [4.69, 9.17) is 46.4 Å². The van der Waals surface area contributed by atoms with Crippen LogP contribution in [0.1, 0.15) is 32.6 Å². The van der Waals surface area contributed by atoms with Gasteiger partial charge in [-0.25, -0.2) is 0 Å². The Hall–Kier alpha value is 0.500. The lowest BCUT2D eigenvalue weighted by Crippen LogP contribution is -1.89. The summed E-state index contributed by atoms with van der Waals surface area (Å²) in [4.78, 5) is 20.0. The van der Waals surface area contributed by atoms with Gasteiger partial charge < -0.3 is 0 Å². The third kappa shape index (κ3) is 29.4. The highest BCUT2D eigenvalue weighted by molar-refractivity contribution is 6.63. The number of rotatable bonds is 5. The predicted octanol–water partition coefficient (Wildman–Crippen LogP) is 3.89. The van der Waals surface area contributed by atoms with E-state index < -0.39 is 0 Å². The van der Waals surface area contributed by atoms with Crippen molar-refractivity contribution in [2.75, 3.05) is 0 Å². The Balaban J connectivity index is 0. The molecule has 84 valence electrons. The van der Waals surface area contributed by atoms with Crippen molar-refractivity contribution in [3.8, 4) is 0 Å². The van der Waals surface area contributed by atoms with Gasteiger partial charge >= 0.3 is 0 Å². The van der Waals surface area contributed by atoms with E-state index in [0.29, 0.717) is 25.7 Å². The summed E-state index contributed by atoms with van der Waals surface area (Å²) >= 11 is 20.2. The Morgan fingerprint density at radius 1 is 1.00 bits per heavy atom. The largest absolute Gasteiger partial charge is 0.281 e. The Kier molecular flexibility index (Phi) is 14.0. The molecule has 0 aliphatic carbocycles. The van der Waals surface area contributed by atoms with Crippen molar-refractivity contribution < 1.29 is 9.59 Å². The summed E-state index contributed by atoms with van der Waals surface area (Å²) < 4.78 is 0. The van der Waals surface area contributed by atoms with E-state index in [0.717, 1.165) is 0 Å². The number of carbonyl (C=O) groups is 2. The molecule has 0 saturated carbocycles. The van der Waals surface area contributed by atoms with E-state index >= 15 is 0 Å². The minimum Gasteiger partial charge on any atom is -0.281 e. The van der Waals surface area contributed by atoms with Gasteiger partial charge in [0.2, 0.25) is 10.5 Å². The lowest BCUT2D eigenvalue weighted by atomic mass is 10.2. The molecule has 0 aromatic carbocycles. The molecule has 14 heavy (non-hydrogen) atoms. The van der Waals surface area contributed by atoms with Gasteiger partial charge in [-0.05, 0) is 43.0 Å². The van der Waals surface area contributed by atoms with E-state index in [1.165, 1.54) is 0 Å². The van der Waals surface area contributed by atoms with Crippen LogP contribution in [0, 0.1) is 0 Å². The molecule has 0 saturated heterocycles. The smallest absolute Gasteiger partial charge is 0.221 e. The Bertz CT molecular complexity index is 152. The third-order valence-electron chi connectivity index (χ3n) is 0.997.